The number of ether oxygens (including phenoxy) is 3. The summed E-state index contributed by atoms with van der Waals surface area (Å²) in [6.45, 7) is 0.102. The van der Waals surface area contributed by atoms with Crippen LogP contribution in [0.3, 0.4) is 0 Å². The van der Waals surface area contributed by atoms with Crippen molar-refractivity contribution in [2.75, 3.05) is 34.4 Å². The number of likely N-dealkylation sites (tertiary alicyclic amines) is 1. The molecule has 1 heterocycles. The van der Waals surface area contributed by atoms with Gasteiger partial charge in [-0.3, -0.25) is 4.79 Å². The molecule has 2 aromatic rings. The van der Waals surface area contributed by atoms with E-state index in [-0.39, 0.29) is 23.9 Å². The Morgan fingerprint density at radius 1 is 1.00 bits per heavy atom. The molecule has 7 nitrogen and oxygen atoms in total. The number of rotatable bonds is 6. The summed E-state index contributed by atoms with van der Waals surface area (Å²) in [5.41, 5.74) is 0.298. The molecule has 150 valence electrons. The van der Waals surface area contributed by atoms with Crippen molar-refractivity contribution in [3.8, 4) is 17.2 Å². The smallest absolute Gasteiger partial charge is 0.254 e. The highest BCUT2D eigenvalue weighted by Crippen LogP contribution is 2.39. The predicted molar refractivity (Wildman–Crippen MR) is 99.4 cm³/mol. The minimum Gasteiger partial charge on any atom is -0.493 e. The van der Waals surface area contributed by atoms with E-state index in [0.717, 1.165) is 12.1 Å². The van der Waals surface area contributed by atoms with Crippen molar-refractivity contribution < 1.29 is 31.8 Å². The maximum Gasteiger partial charge on any atom is 0.254 e. The molecule has 1 saturated heterocycles. The van der Waals surface area contributed by atoms with E-state index in [1.165, 1.54) is 50.5 Å². The molecular weight excluding hydrogens is 389 g/mol. The fourth-order valence-electron chi connectivity index (χ4n) is 3.00. The van der Waals surface area contributed by atoms with Crippen LogP contribution in [0.5, 0.6) is 17.2 Å². The number of carbonyl (C=O) groups is 1. The Labute approximate surface area is 162 Å². The number of nitrogens with zero attached hydrogens (tertiary/aromatic N) is 1. The summed E-state index contributed by atoms with van der Waals surface area (Å²) in [5.74, 6) is 0.181. The van der Waals surface area contributed by atoms with Crippen molar-refractivity contribution in [2.45, 2.75) is 10.1 Å². The van der Waals surface area contributed by atoms with Crippen LogP contribution in [0.1, 0.15) is 10.4 Å². The standard InChI is InChI=1S/C19H20FNO6S/c1-25-16-8-12(9-17(26-2)18(16)27-3)19(22)21-10-15(11-21)28(23,24)14-6-4-13(20)5-7-14/h4-9,15H,10-11H2,1-3H3. The first kappa shape index (κ1) is 19.9. The van der Waals surface area contributed by atoms with Gasteiger partial charge in [-0.1, -0.05) is 0 Å². The Kier molecular flexibility index (Phi) is 5.46. The van der Waals surface area contributed by atoms with Gasteiger partial charge in [0.05, 0.1) is 26.2 Å². The molecule has 3 rings (SSSR count). The summed E-state index contributed by atoms with van der Waals surface area (Å²) < 4.78 is 53.9. The molecule has 0 N–H and O–H groups in total. The van der Waals surface area contributed by atoms with Gasteiger partial charge in [0.15, 0.2) is 21.3 Å². The molecule has 1 aliphatic rings. The van der Waals surface area contributed by atoms with Gasteiger partial charge in [-0.25, -0.2) is 12.8 Å². The third kappa shape index (κ3) is 3.49. The van der Waals surface area contributed by atoms with Gasteiger partial charge in [0.1, 0.15) is 11.1 Å². The summed E-state index contributed by atoms with van der Waals surface area (Å²) in [6.07, 6.45) is 0. The van der Waals surface area contributed by atoms with Gasteiger partial charge < -0.3 is 19.1 Å². The lowest BCUT2D eigenvalue weighted by Gasteiger charge is -2.38. The molecule has 28 heavy (non-hydrogen) atoms. The SMILES string of the molecule is COc1cc(C(=O)N2CC(S(=O)(=O)c3ccc(F)cc3)C2)cc(OC)c1OC. The van der Waals surface area contributed by atoms with Gasteiger partial charge in [-0.15, -0.1) is 0 Å². The van der Waals surface area contributed by atoms with Crippen LogP contribution in [0.2, 0.25) is 0 Å². The summed E-state index contributed by atoms with van der Waals surface area (Å²) in [7, 11) is 0.716. The van der Waals surface area contributed by atoms with Crippen LogP contribution >= 0.6 is 0 Å². The molecular formula is C19H20FNO6S. The zero-order chi connectivity index (χ0) is 20.5. The summed E-state index contributed by atoms with van der Waals surface area (Å²) in [5, 5.41) is -0.732. The lowest BCUT2D eigenvalue weighted by atomic mass is 10.1. The second-order valence-corrected chi connectivity index (χ2v) is 8.47. The van der Waals surface area contributed by atoms with E-state index in [0.29, 0.717) is 22.8 Å². The molecule has 0 unspecified atom stereocenters. The highest BCUT2D eigenvalue weighted by Gasteiger charge is 2.41. The number of benzene rings is 2. The van der Waals surface area contributed by atoms with Gasteiger partial charge in [0.2, 0.25) is 5.75 Å². The zero-order valence-electron chi connectivity index (χ0n) is 15.6. The van der Waals surface area contributed by atoms with E-state index in [9.17, 15) is 17.6 Å². The maximum atomic E-state index is 13.0. The highest BCUT2D eigenvalue weighted by molar-refractivity contribution is 7.92. The van der Waals surface area contributed by atoms with Gasteiger partial charge in [0.25, 0.3) is 5.91 Å². The Morgan fingerprint density at radius 3 is 2.00 bits per heavy atom. The first-order valence-corrected chi connectivity index (χ1v) is 9.95. The average molecular weight is 409 g/mol. The number of sulfone groups is 1. The summed E-state index contributed by atoms with van der Waals surface area (Å²) >= 11 is 0. The third-order valence-electron chi connectivity index (χ3n) is 4.63. The molecule has 0 bridgehead atoms. The number of methoxy groups -OCH3 is 3. The van der Waals surface area contributed by atoms with Crippen molar-refractivity contribution in [2.24, 2.45) is 0 Å². The van der Waals surface area contributed by atoms with Crippen LogP contribution < -0.4 is 14.2 Å². The molecule has 0 atom stereocenters. The van der Waals surface area contributed by atoms with E-state index < -0.39 is 20.9 Å². The zero-order valence-corrected chi connectivity index (χ0v) is 16.5. The number of halogens is 1. The van der Waals surface area contributed by atoms with Crippen molar-refractivity contribution in [1.29, 1.82) is 0 Å². The van der Waals surface area contributed by atoms with Crippen molar-refractivity contribution >= 4 is 15.7 Å². The van der Waals surface area contributed by atoms with Crippen LogP contribution in [-0.4, -0.2) is 58.9 Å². The Balaban J connectivity index is 1.77. The predicted octanol–water partition coefficient (Wildman–Crippen LogP) is 2.15. The van der Waals surface area contributed by atoms with Gasteiger partial charge in [-0.2, -0.15) is 0 Å². The summed E-state index contributed by atoms with van der Waals surface area (Å²) in [4.78, 5) is 14.2. The van der Waals surface area contributed by atoms with Crippen LogP contribution in [0, 0.1) is 5.82 Å². The van der Waals surface area contributed by atoms with Crippen LogP contribution in [-0.2, 0) is 9.84 Å². The number of hydrogen-bond donors (Lipinski definition) is 0. The molecule has 1 fully saturated rings. The van der Waals surface area contributed by atoms with Crippen molar-refractivity contribution in [3.63, 3.8) is 0 Å². The number of amides is 1. The largest absolute Gasteiger partial charge is 0.493 e. The molecule has 1 amide bonds. The fraction of sp³-hybridized carbons (Fsp3) is 0.316. The highest BCUT2D eigenvalue weighted by atomic mass is 32.2. The Hall–Kier alpha value is -2.81. The quantitative estimate of drug-likeness (QED) is 0.680. The average Bonchev–Trinajstić information content (AvgIpc) is 2.65. The second-order valence-electron chi connectivity index (χ2n) is 6.25. The first-order chi connectivity index (χ1) is 13.3. The molecule has 2 aromatic carbocycles. The molecule has 9 heteroatoms. The fourth-order valence-corrected chi connectivity index (χ4v) is 4.66. The van der Waals surface area contributed by atoms with E-state index >= 15 is 0 Å². The molecule has 0 spiro atoms. The van der Waals surface area contributed by atoms with E-state index in [2.05, 4.69) is 0 Å². The monoisotopic (exact) mass is 409 g/mol. The van der Waals surface area contributed by atoms with E-state index in [4.69, 9.17) is 14.2 Å². The molecule has 0 radical (unpaired) electrons. The van der Waals surface area contributed by atoms with E-state index in [1.807, 2.05) is 0 Å². The number of hydrogen-bond acceptors (Lipinski definition) is 6. The lowest BCUT2D eigenvalue weighted by molar-refractivity contribution is 0.0658. The molecule has 0 saturated carbocycles. The minimum atomic E-state index is -3.63. The van der Waals surface area contributed by atoms with Gasteiger partial charge >= 0.3 is 0 Å². The van der Waals surface area contributed by atoms with Gasteiger partial charge in [0, 0.05) is 18.7 Å². The van der Waals surface area contributed by atoms with Crippen LogP contribution in [0.4, 0.5) is 4.39 Å². The third-order valence-corrected chi connectivity index (χ3v) is 6.73. The topological polar surface area (TPSA) is 82.1 Å². The maximum absolute atomic E-state index is 13.0. The second kappa shape index (κ2) is 7.67. The first-order valence-electron chi connectivity index (χ1n) is 8.40. The van der Waals surface area contributed by atoms with Crippen molar-refractivity contribution in [3.05, 3.63) is 47.8 Å². The summed E-state index contributed by atoms with van der Waals surface area (Å²) in [6, 6.07) is 7.70. The van der Waals surface area contributed by atoms with Crippen LogP contribution in [0.25, 0.3) is 0 Å². The lowest BCUT2D eigenvalue weighted by Crippen LogP contribution is -2.56. The Bertz CT molecular complexity index is 959. The number of carbonyl (C=O) groups excluding carboxylic acids is 1. The van der Waals surface area contributed by atoms with E-state index in [1.54, 1.807) is 0 Å². The Morgan fingerprint density at radius 2 is 1.54 bits per heavy atom. The molecule has 0 aliphatic carbocycles. The minimum absolute atomic E-state index is 0.0405. The van der Waals surface area contributed by atoms with Gasteiger partial charge in [-0.05, 0) is 36.4 Å². The van der Waals surface area contributed by atoms with Crippen LogP contribution in [0.15, 0.2) is 41.3 Å². The normalized spacial score (nSPS) is 14.4. The molecule has 0 aromatic heterocycles. The molecule has 1 aliphatic heterocycles. The van der Waals surface area contributed by atoms with Crippen molar-refractivity contribution in [1.82, 2.24) is 4.90 Å².